The Hall–Kier alpha value is -2.45. The number of benzene rings is 1. The van der Waals surface area contributed by atoms with E-state index in [-0.39, 0.29) is 30.0 Å². The van der Waals surface area contributed by atoms with Gasteiger partial charge < -0.3 is 15.0 Å². The summed E-state index contributed by atoms with van der Waals surface area (Å²) in [6, 6.07) is 8.26. The van der Waals surface area contributed by atoms with Gasteiger partial charge in [-0.1, -0.05) is 12.1 Å². The highest BCUT2D eigenvalue weighted by Gasteiger charge is 2.20. The zero-order chi connectivity index (χ0) is 18.5. The number of nitro groups is 1. The van der Waals surface area contributed by atoms with Crippen molar-refractivity contribution in [2.24, 2.45) is 0 Å². The molecule has 0 bridgehead atoms. The third kappa shape index (κ3) is 4.59. The van der Waals surface area contributed by atoms with E-state index in [1.807, 2.05) is 5.38 Å². The Labute approximate surface area is 155 Å². The molecule has 2 heterocycles. The number of amides is 1. The van der Waals surface area contributed by atoms with Crippen LogP contribution in [0.5, 0.6) is 5.75 Å². The summed E-state index contributed by atoms with van der Waals surface area (Å²) in [5, 5.41) is 15.9. The maximum atomic E-state index is 12.4. The molecule has 0 unspecified atom stereocenters. The number of likely N-dealkylation sites (tertiary alicyclic amines) is 1. The minimum absolute atomic E-state index is 0.0667. The number of hydrogen-bond donors (Lipinski definition) is 1. The normalized spacial score (nSPS) is 15.6. The highest BCUT2D eigenvalue weighted by Crippen LogP contribution is 2.27. The van der Waals surface area contributed by atoms with Crippen molar-refractivity contribution in [3.8, 4) is 5.75 Å². The van der Waals surface area contributed by atoms with Gasteiger partial charge in [0.1, 0.15) is 6.61 Å². The summed E-state index contributed by atoms with van der Waals surface area (Å²) in [6.45, 7) is 2.16. The van der Waals surface area contributed by atoms with Crippen molar-refractivity contribution >= 4 is 22.9 Å². The summed E-state index contributed by atoms with van der Waals surface area (Å²) in [6.07, 6.45) is 1.92. The van der Waals surface area contributed by atoms with Crippen molar-refractivity contribution in [2.75, 3.05) is 20.1 Å². The van der Waals surface area contributed by atoms with Gasteiger partial charge in [-0.15, -0.1) is 11.3 Å². The van der Waals surface area contributed by atoms with Crippen LogP contribution >= 0.6 is 11.3 Å². The van der Waals surface area contributed by atoms with Crippen LogP contribution in [-0.2, 0) is 6.61 Å². The first-order valence-electron chi connectivity index (χ1n) is 8.46. The van der Waals surface area contributed by atoms with Crippen molar-refractivity contribution in [3.63, 3.8) is 0 Å². The second kappa shape index (κ2) is 8.29. The molecule has 0 aliphatic carbocycles. The number of carbonyl (C=O) groups is 1. The SMILES string of the molecule is CN1CCC(NC(=O)c2cc(COc3ccccc3[N+](=O)[O-])cs2)CC1. The largest absolute Gasteiger partial charge is 0.482 e. The smallest absolute Gasteiger partial charge is 0.310 e. The van der Waals surface area contributed by atoms with Crippen LogP contribution in [0, 0.1) is 10.1 Å². The highest BCUT2D eigenvalue weighted by molar-refractivity contribution is 7.12. The number of para-hydroxylation sites is 2. The Morgan fingerprint density at radius 1 is 1.38 bits per heavy atom. The van der Waals surface area contributed by atoms with Gasteiger partial charge in [-0.25, -0.2) is 0 Å². The maximum absolute atomic E-state index is 12.4. The first-order valence-corrected chi connectivity index (χ1v) is 9.34. The lowest BCUT2D eigenvalue weighted by Gasteiger charge is -2.29. The number of hydrogen-bond acceptors (Lipinski definition) is 6. The fourth-order valence-corrected chi connectivity index (χ4v) is 3.67. The van der Waals surface area contributed by atoms with E-state index in [9.17, 15) is 14.9 Å². The fraction of sp³-hybridized carbons (Fsp3) is 0.389. The van der Waals surface area contributed by atoms with Gasteiger partial charge in [-0.05, 0) is 50.5 Å². The van der Waals surface area contributed by atoms with Crippen LogP contribution in [0.3, 0.4) is 0 Å². The highest BCUT2D eigenvalue weighted by atomic mass is 32.1. The van der Waals surface area contributed by atoms with Gasteiger partial charge >= 0.3 is 5.69 Å². The van der Waals surface area contributed by atoms with Gasteiger partial charge in [0.05, 0.1) is 9.80 Å². The molecule has 8 heteroatoms. The molecule has 1 amide bonds. The molecule has 1 aliphatic heterocycles. The minimum atomic E-state index is -0.469. The fourth-order valence-electron chi connectivity index (χ4n) is 2.87. The lowest BCUT2D eigenvalue weighted by molar-refractivity contribution is -0.385. The van der Waals surface area contributed by atoms with Crippen LogP contribution in [0.2, 0.25) is 0 Å². The molecule has 1 saturated heterocycles. The van der Waals surface area contributed by atoms with E-state index in [0.29, 0.717) is 4.88 Å². The van der Waals surface area contributed by atoms with Crippen molar-refractivity contribution in [1.82, 2.24) is 10.2 Å². The van der Waals surface area contributed by atoms with E-state index >= 15 is 0 Å². The average Bonchev–Trinajstić information content (AvgIpc) is 3.11. The molecule has 1 N–H and O–H groups in total. The van der Waals surface area contributed by atoms with Crippen LogP contribution in [0.1, 0.15) is 28.1 Å². The molecule has 0 saturated carbocycles. The molecular weight excluding hydrogens is 354 g/mol. The van der Waals surface area contributed by atoms with E-state index < -0.39 is 4.92 Å². The number of carbonyl (C=O) groups excluding carboxylic acids is 1. The molecular formula is C18H21N3O4S. The quantitative estimate of drug-likeness (QED) is 0.620. The average molecular weight is 375 g/mol. The number of rotatable bonds is 6. The van der Waals surface area contributed by atoms with Crippen molar-refractivity contribution in [3.05, 3.63) is 56.3 Å². The zero-order valence-electron chi connectivity index (χ0n) is 14.5. The number of nitrogens with zero attached hydrogens (tertiary/aromatic N) is 2. The molecule has 3 rings (SSSR count). The molecule has 2 aromatic rings. The van der Waals surface area contributed by atoms with Crippen molar-refractivity contribution in [2.45, 2.75) is 25.5 Å². The van der Waals surface area contributed by atoms with Gasteiger partial charge in [0.25, 0.3) is 5.91 Å². The molecule has 1 aromatic heterocycles. The Kier molecular flexibility index (Phi) is 5.85. The van der Waals surface area contributed by atoms with Crippen LogP contribution < -0.4 is 10.1 Å². The number of nitro benzene ring substituents is 1. The second-order valence-electron chi connectivity index (χ2n) is 6.38. The summed E-state index contributed by atoms with van der Waals surface area (Å²) < 4.78 is 5.57. The molecule has 1 aliphatic rings. The zero-order valence-corrected chi connectivity index (χ0v) is 15.3. The molecule has 7 nitrogen and oxygen atoms in total. The summed E-state index contributed by atoms with van der Waals surface area (Å²) in [5.74, 6) is 0.155. The Balaban J connectivity index is 1.56. The van der Waals surface area contributed by atoms with Crippen LogP contribution in [0.25, 0.3) is 0 Å². The first kappa shape index (κ1) is 18.3. The summed E-state index contributed by atoms with van der Waals surface area (Å²) in [4.78, 5) is 25.8. The predicted molar refractivity (Wildman–Crippen MR) is 99.7 cm³/mol. The third-order valence-electron chi connectivity index (χ3n) is 4.39. The number of nitrogens with one attached hydrogen (secondary N) is 1. The molecule has 26 heavy (non-hydrogen) atoms. The number of piperidine rings is 1. The van der Waals surface area contributed by atoms with Crippen LogP contribution in [0.4, 0.5) is 5.69 Å². The van der Waals surface area contributed by atoms with Crippen molar-refractivity contribution < 1.29 is 14.5 Å². The summed E-state index contributed by atoms with van der Waals surface area (Å²) in [5.41, 5.74) is 0.754. The monoisotopic (exact) mass is 375 g/mol. The van der Waals surface area contributed by atoms with Gasteiger partial charge in [0, 0.05) is 17.7 Å². The van der Waals surface area contributed by atoms with Gasteiger partial charge in [0.2, 0.25) is 0 Å². The Morgan fingerprint density at radius 2 is 2.12 bits per heavy atom. The van der Waals surface area contributed by atoms with Gasteiger partial charge in [-0.3, -0.25) is 14.9 Å². The molecule has 0 spiro atoms. The molecule has 0 radical (unpaired) electrons. The predicted octanol–water partition coefficient (Wildman–Crippen LogP) is 3.06. The van der Waals surface area contributed by atoms with Crippen molar-refractivity contribution in [1.29, 1.82) is 0 Å². The van der Waals surface area contributed by atoms with E-state index in [0.717, 1.165) is 31.5 Å². The lowest BCUT2D eigenvalue weighted by atomic mass is 10.1. The number of thiophene rings is 1. The summed E-state index contributed by atoms with van der Waals surface area (Å²) in [7, 11) is 2.08. The van der Waals surface area contributed by atoms with E-state index in [1.165, 1.54) is 17.4 Å². The topological polar surface area (TPSA) is 84.7 Å². The first-order chi connectivity index (χ1) is 12.5. The number of ether oxygens (including phenoxy) is 1. The Bertz CT molecular complexity index is 784. The molecule has 0 atom stereocenters. The summed E-state index contributed by atoms with van der Waals surface area (Å²) >= 11 is 1.36. The standard InChI is InChI=1S/C18H21N3O4S/c1-20-8-6-14(7-9-20)19-18(22)17-10-13(12-26-17)11-25-16-5-3-2-4-15(16)21(23)24/h2-5,10,12,14H,6-9,11H2,1H3,(H,19,22). The third-order valence-corrected chi connectivity index (χ3v) is 5.37. The van der Waals surface area contributed by atoms with Gasteiger partial charge in [0.15, 0.2) is 5.75 Å². The molecule has 1 fully saturated rings. The Morgan fingerprint density at radius 3 is 2.85 bits per heavy atom. The minimum Gasteiger partial charge on any atom is -0.482 e. The molecule has 1 aromatic carbocycles. The maximum Gasteiger partial charge on any atom is 0.310 e. The van der Waals surface area contributed by atoms with E-state index in [1.54, 1.807) is 24.3 Å². The lowest BCUT2D eigenvalue weighted by Crippen LogP contribution is -2.43. The van der Waals surface area contributed by atoms with E-state index in [2.05, 4.69) is 17.3 Å². The van der Waals surface area contributed by atoms with Crippen LogP contribution in [-0.4, -0.2) is 41.9 Å². The van der Waals surface area contributed by atoms with E-state index in [4.69, 9.17) is 4.74 Å². The van der Waals surface area contributed by atoms with Gasteiger partial charge in [-0.2, -0.15) is 0 Å². The van der Waals surface area contributed by atoms with Crippen LogP contribution in [0.15, 0.2) is 35.7 Å². The second-order valence-corrected chi connectivity index (χ2v) is 7.29. The molecule has 138 valence electrons.